The summed E-state index contributed by atoms with van der Waals surface area (Å²) in [6, 6.07) is 8.73. The van der Waals surface area contributed by atoms with Gasteiger partial charge in [0, 0.05) is 6.08 Å². The number of carboxylic acid groups (broad SMARTS) is 1. The number of benzene rings is 1. The number of aliphatic carboxylic acids is 1. The zero-order valence-corrected chi connectivity index (χ0v) is 13.5. The standard InChI is InChI=1S/C17H18O8/c1-2-24-16(22)17(23,10-13(18)19)11-15(21)25-14(20)9-8-12-6-4-3-5-7-12/h3-9,23H,2,10-11H2,1H3,(H,18,19)/b9-8+. The van der Waals surface area contributed by atoms with Crippen molar-refractivity contribution in [2.45, 2.75) is 25.4 Å². The highest BCUT2D eigenvalue weighted by Gasteiger charge is 2.43. The summed E-state index contributed by atoms with van der Waals surface area (Å²) in [6.45, 7) is 1.34. The molecule has 0 radical (unpaired) electrons. The van der Waals surface area contributed by atoms with E-state index in [9.17, 15) is 24.3 Å². The molecule has 0 saturated carbocycles. The van der Waals surface area contributed by atoms with Crippen LogP contribution in [0.3, 0.4) is 0 Å². The van der Waals surface area contributed by atoms with Crippen molar-refractivity contribution in [2.75, 3.05) is 6.61 Å². The first-order valence-corrected chi connectivity index (χ1v) is 7.36. The minimum absolute atomic E-state index is 0.117. The first-order chi connectivity index (χ1) is 11.8. The number of ether oxygens (including phenoxy) is 2. The third kappa shape index (κ3) is 6.96. The molecule has 1 aromatic carbocycles. The van der Waals surface area contributed by atoms with Gasteiger partial charge in [0.25, 0.3) is 0 Å². The van der Waals surface area contributed by atoms with E-state index < -0.39 is 42.3 Å². The Balaban J connectivity index is 2.70. The van der Waals surface area contributed by atoms with Gasteiger partial charge in [0.2, 0.25) is 0 Å². The molecule has 0 saturated heterocycles. The molecule has 8 heteroatoms. The maximum atomic E-state index is 11.7. The fraction of sp³-hybridized carbons (Fsp3) is 0.294. The SMILES string of the molecule is CCOC(=O)C(O)(CC(=O)O)CC(=O)OC(=O)/C=C/c1ccccc1. The second-order valence-corrected chi connectivity index (χ2v) is 5.04. The van der Waals surface area contributed by atoms with Crippen LogP contribution in [-0.2, 0) is 28.7 Å². The van der Waals surface area contributed by atoms with E-state index in [1.807, 2.05) is 0 Å². The molecule has 1 atom stereocenters. The Morgan fingerprint density at radius 1 is 1.12 bits per heavy atom. The van der Waals surface area contributed by atoms with Gasteiger partial charge in [-0.2, -0.15) is 0 Å². The van der Waals surface area contributed by atoms with Gasteiger partial charge in [-0.25, -0.2) is 9.59 Å². The monoisotopic (exact) mass is 350 g/mol. The first kappa shape index (κ1) is 20.0. The van der Waals surface area contributed by atoms with Crippen LogP contribution in [0.5, 0.6) is 0 Å². The molecule has 1 rings (SSSR count). The van der Waals surface area contributed by atoms with E-state index in [0.717, 1.165) is 6.08 Å². The number of carbonyl (C=O) groups excluding carboxylic acids is 3. The van der Waals surface area contributed by atoms with Crippen molar-refractivity contribution in [1.82, 2.24) is 0 Å². The molecular weight excluding hydrogens is 332 g/mol. The molecule has 0 fully saturated rings. The third-order valence-corrected chi connectivity index (χ3v) is 2.96. The average molecular weight is 350 g/mol. The predicted molar refractivity (Wildman–Crippen MR) is 85.0 cm³/mol. The number of carboxylic acids is 1. The highest BCUT2D eigenvalue weighted by Crippen LogP contribution is 2.19. The van der Waals surface area contributed by atoms with Crippen molar-refractivity contribution in [3.8, 4) is 0 Å². The van der Waals surface area contributed by atoms with Crippen LogP contribution in [0.15, 0.2) is 36.4 Å². The number of esters is 3. The summed E-state index contributed by atoms with van der Waals surface area (Å²) < 4.78 is 9.01. The molecule has 0 heterocycles. The third-order valence-electron chi connectivity index (χ3n) is 2.96. The highest BCUT2D eigenvalue weighted by molar-refractivity contribution is 5.97. The van der Waals surface area contributed by atoms with Crippen LogP contribution in [-0.4, -0.2) is 46.3 Å². The molecule has 8 nitrogen and oxygen atoms in total. The Morgan fingerprint density at radius 3 is 2.32 bits per heavy atom. The normalized spacial score (nSPS) is 13.0. The first-order valence-electron chi connectivity index (χ1n) is 7.36. The van der Waals surface area contributed by atoms with Crippen LogP contribution in [0.2, 0.25) is 0 Å². The summed E-state index contributed by atoms with van der Waals surface area (Å²) in [4.78, 5) is 45.8. The van der Waals surface area contributed by atoms with Gasteiger partial charge < -0.3 is 19.7 Å². The van der Waals surface area contributed by atoms with E-state index in [0.29, 0.717) is 5.56 Å². The second-order valence-electron chi connectivity index (χ2n) is 5.04. The molecule has 0 aromatic heterocycles. The summed E-state index contributed by atoms with van der Waals surface area (Å²) in [5.74, 6) is -5.06. The Kier molecular flexibility index (Phi) is 7.48. The Hall–Kier alpha value is -3.00. The maximum Gasteiger partial charge on any atom is 0.339 e. The molecule has 0 aliphatic rings. The summed E-state index contributed by atoms with van der Waals surface area (Å²) in [5.41, 5.74) is -1.91. The minimum Gasteiger partial charge on any atom is -0.481 e. The van der Waals surface area contributed by atoms with Crippen molar-refractivity contribution in [3.05, 3.63) is 42.0 Å². The molecular formula is C17H18O8. The van der Waals surface area contributed by atoms with Gasteiger partial charge in [-0.3, -0.25) is 9.59 Å². The molecule has 1 aromatic rings. The molecule has 1 unspecified atom stereocenters. The van der Waals surface area contributed by atoms with Crippen LogP contribution in [0.25, 0.3) is 6.08 Å². The van der Waals surface area contributed by atoms with Gasteiger partial charge in [0.1, 0.15) is 0 Å². The number of aliphatic hydroxyl groups is 1. The van der Waals surface area contributed by atoms with E-state index in [2.05, 4.69) is 9.47 Å². The molecule has 0 aliphatic heterocycles. The average Bonchev–Trinajstić information content (AvgIpc) is 2.53. The van der Waals surface area contributed by atoms with Gasteiger partial charge >= 0.3 is 23.9 Å². The van der Waals surface area contributed by atoms with Crippen molar-refractivity contribution in [1.29, 1.82) is 0 Å². The Labute approximate surface area is 143 Å². The van der Waals surface area contributed by atoms with Crippen molar-refractivity contribution < 1.29 is 38.9 Å². The van der Waals surface area contributed by atoms with Crippen LogP contribution in [0, 0.1) is 0 Å². The number of hydrogen-bond donors (Lipinski definition) is 2. The lowest BCUT2D eigenvalue weighted by Crippen LogP contribution is -2.44. The minimum atomic E-state index is -2.61. The van der Waals surface area contributed by atoms with Crippen molar-refractivity contribution >= 4 is 30.0 Å². The lowest BCUT2D eigenvalue weighted by molar-refractivity contribution is -0.177. The second kappa shape index (κ2) is 9.33. The fourth-order valence-electron chi connectivity index (χ4n) is 1.87. The van der Waals surface area contributed by atoms with Gasteiger partial charge in [-0.1, -0.05) is 30.3 Å². The van der Waals surface area contributed by atoms with Crippen LogP contribution in [0.4, 0.5) is 0 Å². The summed E-state index contributed by atoms with van der Waals surface area (Å²) >= 11 is 0. The smallest absolute Gasteiger partial charge is 0.339 e. The topological polar surface area (TPSA) is 127 Å². The van der Waals surface area contributed by atoms with E-state index in [1.54, 1.807) is 30.3 Å². The predicted octanol–water partition coefficient (Wildman–Crippen LogP) is 0.929. The zero-order valence-electron chi connectivity index (χ0n) is 13.5. The summed E-state index contributed by atoms with van der Waals surface area (Å²) in [7, 11) is 0. The number of rotatable bonds is 8. The Bertz CT molecular complexity index is 664. The van der Waals surface area contributed by atoms with Crippen molar-refractivity contribution in [2.24, 2.45) is 0 Å². The van der Waals surface area contributed by atoms with E-state index in [1.165, 1.54) is 13.0 Å². The van der Waals surface area contributed by atoms with Gasteiger partial charge in [0.05, 0.1) is 19.4 Å². The van der Waals surface area contributed by atoms with E-state index in [4.69, 9.17) is 5.11 Å². The zero-order chi connectivity index (χ0) is 18.9. The summed E-state index contributed by atoms with van der Waals surface area (Å²) in [6.07, 6.45) is 0.316. The maximum absolute atomic E-state index is 11.7. The quantitative estimate of drug-likeness (QED) is 0.403. The van der Waals surface area contributed by atoms with Gasteiger partial charge in [-0.15, -0.1) is 0 Å². The van der Waals surface area contributed by atoms with Crippen LogP contribution < -0.4 is 0 Å². The highest BCUT2D eigenvalue weighted by atomic mass is 16.6. The van der Waals surface area contributed by atoms with E-state index >= 15 is 0 Å². The molecule has 25 heavy (non-hydrogen) atoms. The largest absolute Gasteiger partial charge is 0.481 e. The van der Waals surface area contributed by atoms with Gasteiger partial charge in [0.15, 0.2) is 5.60 Å². The molecule has 2 N–H and O–H groups in total. The lowest BCUT2D eigenvalue weighted by atomic mass is 9.96. The van der Waals surface area contributed by atoms with Crippen molar-refractivity contribution in [3.63, 3.8) is 0 Å². The molecule has 134 valence electrons. The fourth-order valence-corrected chi connectivity index (χ4v) is 1.87. The molecule has 0 amide bonds. The lowest BCUT2D eigenvalue weighted by Gasteiger charge is -2.22. The molecule has 0 spiro atoms. The molecule has 0 aliphatic carbocycles. The summed E-state index contributed by atoms with van der Waals surface area (Å²) in [5, 5.41) is 18.9. The number of carbonyl (C=O) groups is 4. The Morgan fingerprint density at radius 2 is 1.76 bits per heavy atom. The molecule has 0 bridgehead atoms. The van der Waals surface area contributed by atoms with Crippen LogP contribution >= 0.6 is 0 Å². The number of hydrogen-bond acceptors (Lipinski definition) is 7. The van der Waals surface area contributed by atoms with Gasteiger partial charge in [-0.05, 0) is 18.6 Å². The van der Waals surface area contributed by atoms with Crippen LogP contribution in [0.1, 0.15) is 25.3 Å². The van der Waals surface area contributed by atoms with E-state index in [-0.39, 0.29) is 6.61 Å².